The van der Waals surface area contributed by atoms with E-state index in [-0.39, 0.29) is 43.3 Å². The van der Waals surface area contributed by atoms with Gasteiger partial charge in [-0.3, -0.25) is 28.8 Å². The first-order valence-corrected chi connectivity index (χ1v) is 35.2. The van der Waals surface area contributed by atoms with E-state index in [1.807, 2.05) is 109 Å². The van der Waals surface area contributed by atoms with Gasteiger partial charge in [0.15, 0.2) is 12.4 Å². The van der Waals surface area contributed by atoms with E-state index in [1.165, 1.54) is 15.3 Å². The number of carbonyl (C=O) groups is 10. The fraction of sp³-hybridized carbons (Fsp3) is 0.421. The van der Waals surface area contributed by atoms with Crippen LogP contribution in [0.25, 0.3) is 12.2 Å². The summed E-state index contributed by atoms with van der Waals surface area (Å²) in [7, 11) is -2.77. The van der Waals surface area contributed by atoms with E-state index in [0.29, 0.717) is 45.0 Å². The van der Waals surface area contributed by atoms with Gasteiger partial charge in [0.2, 0.25) is 12.0 Å². The van der Waals surface area contributed by atoms with Crippen molar-refractivity contribution >= 4 is 91.2 Å². The summed E-state index contributed by atoms with van der Waals surface area (Å²) in [5.41, 5.74) is 1.59. The molecule has 4 fully saturated rings. The summed E-state index contributed by atoms with van der Waals surface area (Å²) in [5, 5.41) is 36.6. The average molecular weight is 1400 g/mol. The van der Waals surface area contributed by atoms with Crippen molar-refractivity contribution in [2.75, 3.05) is 13.2 Å². The molecule has 0 bridgehead atoms. The van der Waals surface area contributed by atoms with E-state index in [9.17, 15) is 53.1 Å². The molecule has 24 heteroatoms. The van der Waals surface area contributed by atoms with Gasteiger partial charge >= 0.3 is 48.1 Å². The number of rotatable bonds is 20. The summed E-state index contributed by atoms with van der Waals surface area (Å²) >= 11 is 0. The number of imide groups is 1. The summed E-state index contributed by atoms with van der Waals surface area (Å²) in [5.74, 6) is -5.49. The number of hydrogen-bond donors (Lipinski definition) is 5. The van der Waals surface area contributed by atoms with Gasteiger partial charge < -0.3 is 58.8 Å². The number of alkyl carbamates (subject to hydrolysis) is 2. The molecule has 0 aliphatic carbocycles. The Morgan fingerprint density at radius 1 is 0.600 bits per heavy atom. The van der Waals surface area contributed by atoms with Crippen molar-refractivity contribution in [2.24, 2.45) is 11.8 Å². The van der Waals surface area contributed by atoms with Gasteiger partial charge in [-0.25, -0.2) is 24.1 Å². The number of carboxylic acid groups (broad SMARTS) is 2. The van der Waals surface area contributed by atoms with E-state index in [0.717, 1.165) is 16.7 Å². The summed E-state index contributed by atoms with van der Waals surface area (Å²) in [6.07, 6.45) is 4.00. The van der Waals surface area contributed by atoms with Gasteiger partial charge in [0.25, 0.3) is 8.32 Å². The number of amides is 4. The number of aliphatic hydroxyl groups excluding tert-OH is 1. The van der Waals surface area contributed by atoms with Gasteiger partial charge in [-0.05, 0) is 118 Å². The molecule has 536 valence electrons. The first-order valence-electron chi connectivity index (χ1n) is 33.3. The molecule has 100 heavy (non-hydrogen) atoms. The molecule has 4 aliphatic rings. The van der Waals surface area contributed by atoms with Crippen molar-refractivity contribution in [3.63, 3.8) is 0 Å². The number of ether oxygens (including phenoxy) is 6. The van der Waals surface area contributed by atoms with E-state index in [1.54, 1.807) is 59.8 Å². The Bertz CT molecular complexity index is 3540. The van der Waals surface area contributed by atoms with E-state index < -0.39 is 122 Å². The number of carbonyl (C=O) groups excluding carboxylic acids is 8. The Morgan fingerprint density at radius 2 is 1.06 bits per heavy atom. The zero-order chi connectivity index (χ0) is 73.2. The quantitative estimate of drug-likeness (QED) is 0.0159. The molecule has 0 unspecified atom stereocenters. The average Bonchev–Trinajstić information content (AvgIpc) is 0.863. The van der Waals surface area contributed by atoms with Gasteiger partial charge in [-0.15, -0.1) is 0 Å². The molecule has 4 saturated heterocycles. The van der Waals surface area contributed by atoms with Gasteiger partial charge in [0, 0.05) is 25.9 Å². The highest BCUT2D eigenvalue weighted by molar-refractivity contribution is 6.99. The topological polar surface area (TPSA) is 323 Å². The minimum atomic E-state index is -2.77. The lowest BCUT2D eigenvalue weighted by molar-refractivity contribution is -0.170. The second kappa shape index (κ2) is 37.4. The van der Waals surface area contributed by atoms with Crippen LogP contribution in [0.3, 0.4) is 0 Å². The fourth-order valence-corrected chi connectivity index (χ4v) is 16.1. The predicted octanol–water partition coefficient (Wildman–Crippen LogP) is 10.2. The minimum Gasteiger partial charge on any atom is -0.481 e. The first-order chi connectivity index (χ1) is 47.4. The Balaban J connectivity index is 0.000000243. The summed E-state index contributed by atoms with van der Waals surface area (Å²) in [4.78, 5) is 117. The number of carboxylic acids is 2. The van der Waals surface area contributed by atoms with Gasteiger partial charge in [0.1, 0.15) is 23.9 Å². The second-order valence-electron chi connectivity index (χ2n) is 27.3. The molecule has 4 amide bonds. The van der Waals surface area contributed by atoms with Crippen LogP contribution in [0.2, 0.25) is 5.04 Å². The number of aldehydes is 1. The molecule has 5 aromatic rings. The highest BCUT2D eigenvalue weighted by Crippen LogP contribution is 2.37. The number of cyclic esters (lactones) is 4. The predicted molar refractivity (Wildman–Crippen MR) is 374 cm³/mol. The van der Waals surface area contributed by atoms with Crippen LogP contribution >= 0.6 is 0 Å². The molecule has 23 nitrogen and oxygen atoms in total. The molecule has 5 aromatic carbocycles. The van der Waals surface area contributed by atoms with Gasteiger partial charge in [0.05, 0.1) is 36.1 Å². The largest absolute Gasteiger partial charge is 0.481 e. The minimum absolute atomic E-state index is 0.0737. The summed E-state index contributed by atoms with van der Waals surface area (Å²) < 4.78 is 37.1. The molecule has 4 heterocycles. The number of benzene rings is 5. The normalized spacial score (nSPS) is 20.7. The van der Waals surface area contributed by atoms with Crippen molar-refractivity contribution in [2.45, 2.75) is 179 Å². The Morgan fingerprint density at radius 3 is 1.55 bits per heavy atom. The number of nitrogens with one attached hydrogen (secondary N) is 2. The molecular weight excluding hydrogens is 1300 g/mol. The molecule has 5 N–H and O–H groups in total. The van der Waals surface area contributed by atoms with Crippen LogP contribution in [0.5, 0.6) is 0 Å². The zero-order valence-corrected chi connectivity index (χ0v) is 59.0. The van der Waals surface area contributed by atoms with Crippen molar-refractivity contribution in [3.05, 3.63) is 181 Å². The van der Waals surface area contributed by atoms with E-state index >= 15 is 0 Å². The Labute approximate surface area is 584 Å². The maximum atomic E-state index is 14.2. The van der Waals surface area contributed by atoms with Gasteiger partial charge in [-0.1, -0.05) is 191 Å². The maximum absolute atomic E-state index is 14.2. The van der Waals surface area contributed by atoms with Crippen molar-refractivity contribution in [3.8, 4) is 0 Å². The Kier molecular flexibility index (Phi) is 29.6. The maximum Gasteiger partial charge on any atom is 0.416 e. The molecular formula is C76H93N3O20Si. The third-order valence-corrected chi connectivity index (χ3v) is 21.3. The molecule has 9 rings (SSSR count). The highest BCUT2D eigenvalue weighted by atomic mass is 28.4. The van der Waals surface area contributed by atoms with E-state index in [4.69, 9.17) is 38.3 Å². The SMILES string of the molecule is CC(C)(C)OC(=O)N[C@@H]1CCC(=O)O[C@H]1C(=O)O.CC(C)(C)OC(=O)N[C@@H]1CCC(=O)O[C@H]1C=O.CC(C)(C)[Si](OCCC[C@@H](C(=O)N1C(=O)OC[C@H]1Cc1ccccc1)[C@@H](O)/C=C\c1ccccc1)(c1ccccc1)c1ccccc1.O=C1CC[C@@H](C(=O)O)[C@H](/C=C\c2ccccc2)O1. The summed E-state index contributed by atoms with van der Waals surface area (Å²) in [6.45, 7) is 17.5. The standard InChI is InChI=1S/C40H45NO5Si.C14H14O4.C11H17NO6.C11H17NO5/c1-40(2,3)47(34-21-12-6-13-22-34,35-23-14-7-15-24-35)46-28-16-25-36(37(42)27-26-31-17-8-4-9-18-31)38(43)41-33(30-45-39(41)44)29-32-19-10-5-11-20-32;15-13-9-7-11(14(16)17)12(18-13)8-6-10-4-2-1-3-5-10;1-11(2,3)18-10(16)12-6-4-5-7(13)17-8(6)9(14)15;1-11(2,3)17-10(15)12-7-4-5-9(14)16-8(7)6-13/h4-15,17-24,26-27,33,36-37,42H,16,25,28-30H2,1-3H3;1-6,8,11-12H,7,9H2,(H,16,17);6,8H,4-5H2,1-3H3,(H,12,16)(H,14,15);6-8H,4-5H2,1-3H3,(H,12,15)/b27-26-;8-6-;;/t33-,36-,37+;11-,12+;6-,8-;7-,8+/m1111/s1. The lowest BCUT2D eigenvalue weighted by atomic mass is 9.93. The smallest absolute Gasteiger partial charge is 0.416 e. The first kappa shape index (κ1) is 79.2. The van der Waals surface area contributed by atoms with Crippen molar-refractivity contribution < 1.29 is 96.1 Å². The lowest BCUT2D eigenvalue weighted by Crippen LogP contribution is -2.66. The van der Waals surface area contributed by atoms with Crippen molar-refractivity contribution in [1.82, 2.24) is 15.5 Å². The summed E-state index contributed by atoms with van der Waals surface area (Å²) in [6, 6.07) is 48.0. The number of aliphatic hydroxyl groups is 1. The molecule has 0 spiro atoms. The van der Waals surface area contributed by atoms with Gasteiger partial charge in [-0.2, -0.15) is 0 Å². The molecule has 9 atom stereocenters. The fourth-order valence-electron chi connectivity index (χ4n) is 11.5. The third kappa shape index (κ3) is 24.6. The zero-order valence-electron chi connectivity index (χ0n) is 58.0. The monoisotopic (exact) mass is 1400 g/mol. The van der Waals surface area contributed by atoms with Crippen LogP contribution < -0.4 is 21.0 Å². The Hall–Kier alpha value is -9.78. The van der Waals surface area contributed by atoms with Crippen LogP contribution in [0, 0.1) is 11.8 Å². The number of aliphatic carboxylic acids is 2. The van der Waals surface area contributed by atoms with Crippen LogP contribution in [0.1, 0.15) is 130 Å². The van der Waals surface area contributed by atoms with E-state index in [2.05, 4.69) is 84.7 Å². The molecule has 0 saturated carbocycles. The van der Waals surface area contributed by atoms with Crippen molar-refractivity contribution in [1.29, 1.82) is 0 Å². The highest BCUT2D eigenvalue weighted by Gasteiger charge is 2.50. The number of esters is 3. The van der Waals surface area contributed by atoms with Crippen LogP contribution in [-0.2, 0) is 72.8 Å². The third-order valence-electron chi connectivity index (χ3n) is 16.2. The number of nitrogens with zero attached hydrogens (tertiary/aromatic N) is 1. The molecule has 0 aromatic heterocycles. The lowest BCUT2D eigenvalue weighted by Gasteiger charge is -2.43. The molecule has 0 radical (unpaired) electrons. The van der Waals surface area contributed by atoms with Crippen LogP contribution in [0.15, 0.2) is 164 Å². The second-order valence-corrected chi connectivity index (χ2v) is 31.6. The van der Waals surface area contributed by atoms with Crippen LogP contribution in [0.4, 0.5) is 14.4 Å². The number of hydrogen-bond acceptors (Lipinski definition) is 18. The molecule has 4 aliphatic heterocycles. The van der Waals surface area contributed by atoms with Crippen LogP contribution in [-0.4, -0.2) is 156 Å².